The van der Waals surface area contributed by atoms with Crippen LogP contribution in [-0.4, -0.2) is 18.0 Å². The van der Waals surface area contributed by atoms with Crippen LogP contribution in [0, 0.1) is 5.82 Å². The van der Waals surface area contributed by atoms with E-state index in [2.05, 4.69) is 10.6 Å². The zero-order chi connectivity index (χ0) is 14.6. The quantitative estimate of drug-likeness (QED) is 0.893. The number of carbonyl (C=O) groups excluding carboxylic acids is 1. The van der Waals surface area contributed by atoms with Crippen LogP contribution in [0.3, 0.4) is 0 Å². The second kappa shape index (κ2) is 6.35. The molecule has 5 heteroatoms. The Balaban J connectivity index is 2.53. The van der Waals surface area contributed by atoms with E-state index in [9.17, 15) is 9.18 Å². The maximum Gasteiger partial charge on any atom is 0.234 e. The van der Waals surface area contributed by atoms with E-state index < -0.39 is 5.82 Å². The highest BCUT2D eigenvalue weighted by Gasteiger charge is 2.15. The first kappa shape index (κ1) is 15.9. The molecule has 0 spiro atoms. The molecule has 1 amide bonds. The van der Waals surface area contributed by atoms with Crippen LogP contribution in [0.25, 0.3) is 0 Å². The average molecular weight is 287 g/mol. The summed E-state index contributed by atoms with van der Waals surface area (Å²) in [5.74, 6) is -0.541. The van der Waals surface area contributed by atoms with Gasteiger partial charge in [0.2, 0.25) is 5.91 Å². The highest BCUT2D eigenvalue weighted by molar-refractivity contribution is 6.30. The lowest BCUT2D eigenvalue weighted by Crippen LogP contribution is -2.45. The molecule has 2 N–H and O–H groups in total. The Morgan fingerprint density at radius 1 is 1.42 bits per heavy atom. The largest absolute Gasteiger partial charge is 0.350 e. The lowest BCUT2D eigenvalue weighted by Gasteiger charge is -2.21. The molecule has 0 saturated carbocycles. The second-order valence-corrected chi connectivity index (χ2v) is 5.98. The number of halogens is 2. The minimum absolute atomic E-state index is 0.0891. The predicted octanol–water partition coefficient (Wildman–Crippen LogP) is 3.04. The molecule has 0 heterocycles. The fourth-order valence-electron chi connectivity index (χ4n) is 1.61. The molecule has 0 saturated heterocycles. The van der Waals surface area contributed by atoms with Gasteiger partial charge in [0, 0.05) is 11.6 Å². The van der Waals surface area contributed by atoms with Crippen LogP contribution in [0.4, 0.5) is 4.39 Å². The smallest absolute Gasteiger partial charge is 0.234 e. The third-order valence-corrected chi connectivity index (χ3v) is 2.83. The van der Waals surface area contributed by atoms with Crippen molar-refractivity contribution in [2.24, 2.45) is 0 Å². The minimum Gasteiger partial charge on any atom is -0.350 e. The van der Waals surface area contributed by atoms with Gasteiger partial charge in [0.1, 0.15) is 5.82 Å². The normalized spacial score (nSPS) is 13.2. The summed E-state index contributed by atoms with van der Waals surface area (Å²) in [6.45, 7) is 7.81. The summed E-state index contributed by atoms with van der Waals surface area (Å²) < 4.78 is 13.3. The molecule has 0 aromatic heterocycles. The summed E-state index contributed by atoms with van der Waals surface area (Å²) in [5.41, 5.74) is 0.499. The standard InChI is InChI=1S/C14H20ClFN2O/c1-9(10-5-6-11(15)12(16)7-10)17-8-13(19)18-14(2,3)4/h5-7,9,17H,8H2,1-4H3,(H,18,19). The number of hydrogen-bond acceptors (Lipinski definition) is 2. The predicted molar refractivity (Wildman–Crippen MR) is 75.7 cm³/mol. The van der Waals surface area contributed by atoms with E-state index in [0.717, 1.165) is 5.56 Å². The van der Waals surface area contributed by atoms with Crippen LogP contribution in [0.5, 0.6) is 0 Å². The van der Waals surface area contributed by atoms with Crippen LogP contribution >= 0.6 is 11.6 Å². The fourth-order valence-corrected chi connectivity index (χ4v) is 1.73. The van der Waals surface area contributed by atoms with Crippen molar-refractivity contribution < 1.29 is 9.18 Å². The van der Waals surface area contributed by atoms with E-state index in [0.29, 0.717) is 0 Å². The van der Waals surface area contributed by atoms with Gasteiger partial charge in [-0.05, 0) is 45.4 Å². The third kappa shape index (κ3) is 5.57. The van der Waals surface area contributed by atoms with Gasteiger partial charge in [-0.3, -0.25) is 4.79 Å². The van der Waals surface area contributed by atoms with Gasteiger partial charge in [0.05, 0.1) is 11.6 Å². The van der Waals surface area contributed by atoms with Crippen molar-refractivity contribution in [2.45, 2.75) is 39.3 Å². The van der Waals surface area contributed by atoms with Crippen molar-refractivity contribution in [1.29, 1.82) is 0 Å². The number of hydrogen-bond donors (Lipinski definition) is 2. The average Bonchev–Trinajstić information content (AvgIpc) is 2.27. The summed E-state index contributed by atoms with van der Waals surface area (Å²) in [6, 6.07) is 4.50. The first-order valence-electron chi connectivity index (χ1n) is 6.18. The molecule has 3 nitrogen and oxygen atoms in total. The second-order valence-electron chi connectivity index (χ2n) is 5.57. The molecule has 1 unspecified atom stereocenters. The fraction of sp³-hybridized carbons (Fsp3) is 0.500. The number of benzene rings is 1. The summed E-state index contributed by atoms with van der Waals surface area (Å²) in [6.07, 6.45) is 0. The van der Waals surface area contributed by atoms with Crippen LogP contribution in [0.2, 0.25) is 5.02 Å². The van der Waals surface area contributed by atoms with Crippen LogP contribution in [0.1, 0.15) is 39.3 Å². The van der Waals surface area contributed by atoms with Gasteiger partial charge in [-0.1, -0.05) is 17.7 Å². The zero-order valence-electron chi connectivity index (χ0n) is 11.7. The third-order valence-electron chi connectivity index (χ3n) is 2.53. The Bertz CT molecular complexity index is 457. The van der Waals surface area contributed by atoms with Crippen molar-refractivity contribution in [3.05, 3.63) is 34.6 Å². The van der Waals surface area contributed by atoms with Crippen molar-refractivity contribution in [2.75, 3.05) is 6.54 Å². The molecule has 19 heavy (non-hydrogen) atoms. The summed E-state index contributed by atoms with van der Waals surface area (Å²) >= 11 is 5.63. The molecule has 0 bridgehead atoms. The Kier molecular flexibility index (Phi) is 5.32. The molecular weight excluding hydrogens is 267 g/mol. The molecule has 1 rings (SSSR count). The van der Waals surface area contributed by atoms with Gasteiger partial charge in [-0.2, -0.15) is 0 Å². The molecule has 0 radical (unpaired) electrons. The van der Waals surface area contributed by atoms with Crippen LogP contribution in [-0.2, 0) is 4.79 Å². The van der Waals surface area contributed by atoms with E-state index in [1.54, 1.807) is 6.07 Å². The molecule has 0 aliphatic heterocycles. The monoisotopic (exact) mass is 286 g/mol. The van der Waals surface area contributed by atoms with Crippen molar-refractivity contribution in [3.63, 3.8) is 0 Å². The molecule has 0 aliphatic rings. The van der Waals surface area contributed by atoms with Crippen molar-refractivity contribution in [3.8, 4) is 0 Å². The van der Waals surface area contributed by atoms with Crippen LogP contribution < -0.4 is 10.6 Å². The van der Waals surface area contributed by atoms with Gasteiger partial charge in [0.25, 0.3) is 0 Å². The topological polar surface area (TPSA) is 41.1 Å². The first-order chi connectivity index (χ1) is 8.69. The molecule has 1 aromatic carbocycles. The van der Waals surface area contributed by atoms with Crippen molar-refractivity contribution in [1.82, 2.24) is 10.6 Å². The van der Waals surface area contributed by atoms with Gasteiger partial charge in [0.15, 0.2) is 0 Å². The zero-order valence-corrected chi connectivity index (χ0v) is 12.4. The summed E-state index contributed by atoms with van der Waals surface area (Å²) in [5, 5.41) is 5.99. The lowest BCUT2D eigenvalue weighted by molar-refractivity contribution is -0.121. The molecule has 106 valence electrons. The van der Waals surface area contributed by atoms with E-state index in [1.807, 2.05) is 27.7 Å². The maximum absolute atomic E-state index is 13.3. The van der Waals surface area contributed by atoms with Gasteiger partial charge < -0.3 is 10.6 Å². The first-order valence-corrected chi connectivity index (χ1v) is 6.56. The molecule has 1 atom stereocenters. The highest BCUT2D eigenvalue weighted by Crippen LogP contribution is 2.19. The summed E-state index contributed by atoms with van der Waals surface area (Å²) in [4.78, 5) is 11.6. The number of carbonyl (C=O) groups is 1. The highest BCUT2D eigenvalue weighted by atomic mass is 35.5. The number of amides is 1. The Morgan fingerprint density at radius 2 is 2.05 bits per heavy atom. The Hall–Kier alpha value is -1.13. The van der Waals surface area contributed by atoms with Gasteiger partial charge in [-0.25, -0.2) is 4.39 Å². The van der Waals surface area contributed by atoms with E-state index >= 15 is 0 Å². The summed E-state index contributed by atoms with van der Waals surface area (Å²) in [7, 11) is 0. The molecule has 1 aromatic rings. The van der Waals surface area contributed by atoms with Gasteiger partial charge in [-0.15, -0.1) is 0 Å². The molecule has 0 aliphatic carbocycles. The lowest BCUT2D eigenvalue weighted by atomic mass is 10.1. The van der Waals surface area contributed by atoms with E-state index in [-0.39, 0.29) is 29.1 Å². The maximum atomic E-state index is 13.3. The molecular formula is C14H20ClFN2O. The number of nitrogens with one attached hydrogen (secondary N) is 2. The van der Waals surface area contributed by atoms with Crippen molar-refractivity contribution >= 4 is 17.5 Å². The Labute approximate surface area is 118 Å². The van der Waals surface area contributed by atoms with Gasteiger partial charge >= 0.3 is 0 Å². The number of rotatable bonds is 4. The molecule has 0 fully saturated rings. The van der Waals surface area contributed by atoms with E-state index in [4.69, 9.17) is 11.6 Å². The minimum atomic E-state index is -0.452. The van der Waals surface area contributed by atoms with Crippen LogP contribution in [0.15, 0.2) is 18.2 Å². The Morgan fingerprint density at radius 3 is 2.58 bits per heavy atom. The van der Waals surface area contributed by atoms with E-state index in [1.165, 1.54) is 12.1 Å². The SMILES string of the molecule is CC(NCC(=O)NC(C)(C)C)c1ccc(Cl)c(F)c1.